The van der Waals surface area contributed by atoms with E-state index in [9.17, 15) is 17.6 Å². The molecule has 2 aliphatic heterocycles. The van der Waals surface area contributed by atoms with Gasteiger partial charge in [0.1, 0.15) is 12.4 Å². The molecule has 2 aromatic rings. The largest absolute Gasteiger partial charge is 0.447 e. The molecule has 0 N–H and O–H groups in total. The molecule has 2 aromatic carbocycles. The van der Waals surface area contributed by atoms with Crippen molar-refractivity contribution in [3.63, 3.8) is 0 Å². The Kier molecular flexibility index (Phi) is 4.61. The molecule has 1 unspecified atom stereocenters. The lowest BCUT2D eigenvalue weighted by Crippen LogP contribution is -2.42. The number of anilines is 1. The molecule has 142 valence electrons. The Hall–Kier alpha value is -2.45. The van der Waals surface area contributed by atoms with Crippen LogP contribution in [-0.2, 0) is 27.1 Å². The summed E-state index contributed by atoms with van der Waals surface area (Å²) >= 11 is 0. The van der Waals surface area contributed by atoms with E-state index in [1.54, 1.807) is 24.3 Å². The van der Waals surface area contributed by atoms with Crippen LogP contribution in [0.4, 0.5) is 14.9 Å². The van der Waals surface area contributed by atoms with Gasteiger partial charge in [-0.1, -0.05) is 36.4 Å². The number of carbonyl (C=O) groups is 1. The van der Waals surface area contributed by atoms with Crippen LogP contribution in [-0.4, -0.2) is 38.0 Å². The Morgan fingerprint density at radius 2 is 1.93 bits per heavy atom. The number of benzene rings is 2. The van der Waals surface area contributed by atoms with Crippen molar-refractivity contribution in [1.29, 1.82) is 0 Å². The Morgan fingerprint density at radius 3 is 2.70 bits per heavy atom. The van der Waals surface area contributed by atoms with Crippen LogP contribution in [0, 0.1) is 5.82 Å². The smallest absolute Gasteiger partial charge is 0.414 e. The number of nitrogens with zero attached hydrogens (tertiary/aromatic N) is 2. The van der Waals surface area contributed by atoms with Gasteiger partial charge in [0.25, 0.3) is 0 Å². The molecule has 1 atom stereocenters. The maximum Gasteiger partial charge on any atom is 0.414 e. The third kappa shape index (κ3) is 3.54. The van der Waals surface area contributed by atoms with Crippen LogP contribution in [0.1, 0.15) is 17.5 Å². The van der Waals surface area contributed by atoms with E-state index < -0.39 is 21.9 Å². The number of ether oxygens (including phenoxy) is 1. The molecule has 0 radical (unpaired) electrons. The molecular formula is C19H19FN2O4S. The van der Waals surface area contributed by atoms with Crippen molar-refractivity contribution in [2.75, 3.05) is 18.1 Å². The zero-order valence-corrected chi connectivity index (χ0v) is 15.4. The molecule has 2 heterocycles. The minimum Gasteiger partial charge on any atom is -0.447 e. The van der Waals surface area contributed by atoms with E-state index in [0.29, 0.717) is 23.2 Å². The summed E-state index contributed by atoms with van der Waals surface area (Å²) in [5, 5.41) is 0. The Labute approximate surface area is 157 Å². The molecule has 8 heteroatoms. The first kappa shape index (κ1) is 17.9. The van der Waals surface area contributed by atoms with Gasteiger partial charge in [-0.15, -0.1) is 0 Å². The van der Waals surface area contributed by atoms with E-state index >= 15 is 0 Å². The molecule has 0 spiro atoms. The number of halogens is 1. The number of hydrogen-bond donors (Lipinski definition) is 0. The normalized spacial score (nSPS) is 20.4. The van der Waals surface area contributed by atoms with Gasteiger partial charge >= 0.3 is 6.09 Å². The van der Waals surface area contributed by atoms with Gasteiger partial charge in [-0.3, -0.25) is 4.90 Å². The van der Waals surface area contributed by atoms with E-state index in [1.807, 2.05) is 6.07 Å². The van der Waals surface area contributed by atoms with Crippen LogP contribution in [0.5, 0.6) is 0 Å². The minimum absolute atomic E-state index is 0.0846. The lowest BCUT2D eigenvalue weighted by molar-refractivity contribution is 0.178. The third-order valence-corrected chi connectivity index (χ3v) is 6.71. The van der Waals surface area contributed by atoms with Crippen molar-refractivity contribution >= 4 is 21.8 Å². The molecule has 0 aromatic heterocycles. The fourth-order valence-electron chi connectivity index (χ4n) is 3.54. The molecule has 27 heavy (non-hydrogen) atoms. The van der Waals surface area contributed by atoms with E-state index in [0.717, 1.165) is 0 Å². The average Bonchev–Trinajstić information content (AvgIpc) is 2.98. The van der Waals surface area contributed by atoms with Crippen molar-refractivity contribution in [2.45, 2.75) is 24.8 Å². The van der Waals surface area contributed by atoms with E-state index in [1.165, 1.54) is 27.4 Å². The second kappa shape index (κ2) is 6.94. The number of carbonyl (C=O) groups excluding carboxylic acids is 1. The molecule has 0 bridgehead atoms. The number of cyclic esters (lactones) is 1. The molecule has 0 saturated carbocycles. The van der Waals surface area contributed by atoms with Crippen LogP contribution < -0.4 is 4.90 Å². The van der Waals surface area contributed by atoms with Crippen molar-refractivity contribution in [1.82, 2.24) is 4.31 Å². The first-order chi connectivity index (χ1) is 12.9. The molecule has 6 nitrogen and oxygen atoms in total. The highest BCUT2D eigenvalue weighted by Gasteiger charge is 2.38. The monoisotopic (exact) mass is 390 g/mol. The van der Waals surface area contributed by atoms with Crippen molar-refractivity contribution < 1.29 is 22.3 Å². The quantitative estimate of drug-likeness (QED) is 0.808. The van der Waals surface area contributed by atoms with Crippen molar-refractivity contribution in [2.24, 2.45) is 0 Å². The Balaban J connectivity index is 1.69. The summed E-state index contributed by atoms with van der Waals surface area (Å²) in [5.74, 6) is -0.583. The van der Waals surface area contributed by atoms with Gasteiger partial charge < -0.3 is 4.74 Å². The second-order valence-corrected chi connectivity index (χ2v) is 8.71. The van der Waals surface area contributed by atoms with Crippen LogP contribution in [0.25, 0.3) is 0 Å². The standard InChI is InChI=1S/C19H19FN2O4S/c20-16-7-6-15-11-21(27(24,25)13-14-4-2-1-3-5-14)9-8-17-12-26-19(23)22(17)18(15)10-16/h1-7,10,17H,8-9,11-13H2. The molecule has 0 aliphatic carbocycles. The fourth-order valence-corrected chi connectivity index (χ4v) is 5.05. The molecule has 1 saturated heterocycles. The highest BCUT2D eigenvalue weighted by molar-refractivity contribution is 7.88. The summed E-state index contributed by atoms with van der Waals surface area (Å²) in [6, 6.07) is 12.7. The molecule has 4 rings (SSSR count). The van der Waals surface area contributed by atoms with E-state index in [4.69, 9.17) is 4.74 Å². The van der Waals surface area contributed by atoms with E-state index in [-0.39, 0.29) is 31.5 Å². The number of fused-ring (bicyclic) bond motifs is 3. The predicted molar refractivity (Wildman–Crippen MR) is 98.1 cm³/mol. The maximum atomic E-state index is 13.8. The highest BCUT2D eigenvalue weighted by Crippen LogP contribution is 2.33. The van der Waals surface area contributed by atoms with Gasteiger partial charge in [-0.2, -0.15) is 4.31 Å². The second-order valence-electron chi connectivity index (χ2n) is 6.74. The maximum absolute atomic E-state index is 13.8. The highest BCUT2D eigenvalue weighted by atomic mass is 32.2. The summed E-state index contributed by atoms with van der Waals surface area (Å²) in [4.78, 5) is 13.6. The molecule has 1 amide bonds. The minimum atomic E-state index is -3.58. The zero-order chi connectivity index (χ0) is 19.0. The fraction of sp³-hybridized carbons (Fsp3) is 0.316. The summed E-state index contributed by atoms with van der Waals surface area (Å²) < 4.78 is 46.3. The first-order valence-corrected chi connectivity index (χ1v) is 10.3. The number of rotatable bonds is 3. The lowest BCUT2D eigenvalue weighted by Gasteiger charge is -2.31. The third-order valence-electron chi connectivity index (χ3n) is 4.91. The Morgan fingerprint density at radius 1 is 1.15 bits per heavy atom. The lowest BCUT2D eigenvalue weighted by atomic mass is 10.1. The number of hydrogen-bond acceptors (Lipinski definition) is 4. The predicted octanol–water partition coefficient (Wildman–Crippen LogP) is 2.89. The van der Waals surface area contributed by atoms with Gasteiger partial charge in [-0.25, -0.2) is 17.6 Å². The summed E-state index contributed by atoms with van der Waals surface area (Å²) in [6.45, 7) is 0.520. The first-order valence-electron chi connectivity index (χ1n) is 8.70. The summed E-state index contributed by atoms with van der Waals surface area (Å²) in [6.07, 6.45) is -0.0946. The van der Waals surface area contributed by atoms with Gasteiger partial charge in [0, 0.05) is 13.1 Å². The number of sulfonamides is 1. The van der Waals surface area contributed by atoms with E-state index in [2.05, 4.69) is 0 Å². The Bertz CT molecular complexity index is 965. The zero-order valence-electron chi connectivity index (χ0n) is 14.5. The average molecular weight is 390 g/mol. The molecule has 2 aliphatic rings. The van der Waals surface area contributed by atoms with Crippen LogP contribution in [0.3, 0.4) is 0 Å². The summed E-state index contributed by atoms with van der Waals surface area (Å²) in [7, 11) is -3.58. The van der Waals surface area contributed by atoms with Crippen molar-refractivity contribution in [3.8, 4) is 0 Å². The van der Waals surface area contributed by atoms with Crippen LogP contribution >= 0.6 is 0 Å². The van der Waals surface area contributed by atoms with Crippen LogP contribution in [0.15, 0.2) is 48.5 Å². The van der Waals surface area contributed by atoms with Gasteiger partial charge in [0.2, 0.25) is 10.0 Å². The summed E-state index contributed by atoms with van der Waals surface area (Å²) in [5.41, 5.74) is 1.67. The van der Waals surface area contributed by atoms with Crippen LogP contribution in [0.2, 0.25) is 0 Å². The van der Waals surface area contributed by atoms with Gasteiger partial charge in [-0.05, 0) is 29.7 Å². The SMILES string of the molecule is O=C1OCC2CCN(S(=O)(=O)Cc3ccccc3)Cc3ccc(F)cc3N12. The topological polar surface area (TPSA) is 66.9 Å². The number of amides is 1. The van der Waals surface area contributed by atoms with Gasteiger partial charge in [0.15, 0.2) is 0 Å². The molecular weight excluding hydrogens is 371 g/mol. The van der Waals surface area contributed by atoms with Gasteiger partial charge in [0.05, 0.1) is 17.5 Å². The molecule has 1 fully saturated rings. The van der Waals surface area contributed by atoms with Crippen molar-refractivity contribution in [3.05, 3.63) is 65.5 Å².